The molecule has 1 aliphatic rings. The highest BCUT2D eigenvalue weighted by molar-refractivity contribution is 5.92. The molecule has 0 spiro atoms. The molecule has 2 heterocycles. The number of hydrogen-bond donors (Lipinski definition) is 1. The molecule has 1 aromatic heterocycles. The molecule has 0 aliphatic carbocycles. The SMILES string of the molecule is COCCCNc1nccc(C(=O)N2CCCCCC2)n1. The third-order valence-electron chi connectivity index (χ3n) is 3.58. The molecule has 6 heteroatoms. The summed E-state index contributed by atoms with van der Waals surface area (Å²) in [4.78, 5) is 22.8. The van der Waals surface area contributed by atoms with Crippen LogP contribution in [0.25, 0.3) is 0 Å². The zero-order valence-corrected chi connectivity index (χ0v) is 12.7. The lowest BCUT2D eigenvalue weighted by Crippen LogP contribution is -2.32. The number of carbonyl (C=O) groups is 1. The molecule has 2 rings (SSSR count). The Morgan fingerprint density at radius 3 is 2.81 bits per heavy atom. The Kier molecular flexibility index (Phi) is 6.40. The average molecular weight is 292 g/mol. The molecule has 1 saturated heterocycles. The number of likely N-dealkylation sites (tertiary alicyclic amines) is 1. The second-order valence-corrected chi connectivity index (χ2v) is 5.25. The van der Waals surface area contributed by atoms with E-state index in [4.69, 9.17) is 4.74 Å². The molecule has 1 aromatic rings. The van der Waals surface area contributed by atoms with Crippen molar-refractivity contribution in [2.75, 3.05) is 38.7 Å². The van der Waals surface area contributed by atoms with Gasteiger partial charge in [-0.3, -0.25) is 4.79 Å². The Bertz CT molecular complexity index is 445. The standard InChI is InChI=1S/C15H24N4O2/c1-21-12-6-8-16-15-17-9-7-13(18-15)14(20)19-10-4-2-3-5-11-19/h7,9H,2-6,8,10-12H2,1H3,(H,16,17,18). The van der Waals surface area contributed by atoms with Crippen molar-refractivity contribution in [3.05, 3.63) is 18.0 Å². The van der Waals surface area contributed by atoms with Gasteiger partial charge in [0.25, 0.3) is 5.91 Å². The summed E-state index contributed by atoms with van der Waals surface area (Å²) in [6, 6.07) is 1.69. The number of methoxy groups -OCH3 is 1. The number of anilines is 1. The van der Waals surface area contributed by atoms with E-state index >= 15 is 0 Å². The van der Waals surface area contributed by atoms with Crippen molar-refractivity contribution in [3.8, 4) is 0 Å². The second-order valence-electron chi connectivity index (χ2n) is 5.25. The summed E-state index contributed by atoms with van der Waals surface area (Å²) < 4.78 is 4.99. The van der Waals surface area contributed by atoms with Crippen molar-refractivity contribution in [2.24, 2.45) is 0 Å². The van der Waals surface area contributed by atoms with Crippen molar-refractivity contribution in [3.63, 3.8) is 0 Å². The summed E-state index contributed by atoms with van der Waals surface area (Å²) in [6.45, 7) is 3.09. The smallest absolute Gasteiger partial charge is 0.272 e. The number of rotatable bonds is 6. The van der Waals surface area contributed by atoms with Gasteiger partial charge in [0.05, 0.1) is 0 Å². The van der Waals surface area contributed by atoms with Crippen LogP contribution in [0.3, 0.4) is 0 Å². The highest BCUT2D eigenvalue weighted by Gasteiger charge is 2.18. The van der Waals surface area contributed by atoms with Crippen LogP contribution in [0.2, 0.25) is 0 Å². The average Bonchev–Trinajstić information content (AvgIpc) is 2.80. The third-order valence-corrected chi connectivity index (χ3v) is 3.58. The van der Waals surface area contributed by atoms with Crippen molar-refractivity contribution in [1.29, 1.82) is 0 Å². The monoisotopic (exact) mass is 292 g/mol. The van der Waals surface area contributed by atoms with Crippen molar-refractivity contribution >= 4 is 11.9 Å². The molecule has 1 aliphatic heterocycles. The molecule has 0 radical (unpaired) electrons. The lowest BCUT2D eigenvalue weighted by Gasteiger charge is -2.19. The van der Waals surface area contributed by atoms with Crippen molar-refractivity contribution in [1.82, 2.24) is 14.9 Å². The fraction of sp³-hybridized carbons (Fsp3) is 0.667. The van der Waals surface area contributed by atoms with E-state index in [2.05, 4.69) is 15.3 Å². The molecular formula is C15H24N4O2. The van der Waals surface area contributed by atoms with E-state index in [0.29, 0.717) is 18.2 Å². The molecule has 0 aromatic carbocycles. The first-order chi connectivity index (χ1) is 10.3. The van der Waals surface area contributed by atoms with Crippen LogP contribution in [0.15, 0.2) is 12.3 Å². The van der Waals surface area contributed by atoms with Gasteiger partial charge < -0.3 is 15.0 Å². The summed E-state index contributed by atoms with van der Waals surface area (Å²) in [5, 5.41) is 3.12. The number of aromatic nitrogens is 2. The minimum Gasteiger partial charge on any atom is -0.385 e. The molecular weight excluding hydrogens is 268 g/mol. The Balaban J connectivity index is 1.93. The van der Waals surface area contributed by atoms with Gasteiger partial charge in [-0.05, 0) is 25.3 Å². The van der Waals surface area contributed by atoms with E-state index in [-0.39, 0.29) is 5.91 Å². The van der Waals surface area contributed by atoms with Gasteiger partial charge in [-0.2, -0.15) is 0 Å². The lowest BCUT2D eigenvalue weighted by molar-refractivity contribution is 0.0755. The van der Waals surface area contributed by atoms with E-state index in [1.165, 1.54) is 12.8 Å². The summed E-state index contributed by atoms with van der Waals surface area (Å²) in [7, 11) is 1.68. The summed E-state index contributed by atoms with van der Waals surface area (Å²) in [5.74, 6) is 0.519. The molecule has 21 heavy (non-hydrogen) atoms. The maximum Gasteiger partial charge on any atom is 0.272 e. The Labute approximate surface area is 125 Å². The molecule has 1 N–H and O–H groups in total. The first kappa shape index (κ1) is 15.7. The van der Waals surface area contributed by atoms with Crippen LogP contribution in [0.1, 0.15) is 42.6 Å². The minimum absolute atomic E-state index is 0.0132. The maximum atomic E-state index is 12.5. The number of nitrogens with one attached hydrogen (secondary N) is 1. The van der Waals surface area contributed by atoms with E-state index in [9.17, 15) is 4.79 Å². The number of hydrogen-bond acceptors (Lipinski definition) is 5. The number of nitrogens with zero attached hydrogens (tertiary/aromatic N) is 3. The van der Waals surface area contributed by atoms with E-state index < -0.39 is 0 Å². The fourth-order valence-electron chi connectivity index (χ4n) is 2.42. The highest BCUT2D eigenvalue weighted by atomic mass is 16.5. The van der Waals surface area contributed by atoms with Crippen molar-refractivity contribution in [2.45, 2.75) is 32.1 Å². The van der Waals surface area contributed by atoms with E-state index in [0.717, 1.165) is 38.9 Å². The third kappa shape index (κ3) is 4.97. The first-order valence-corrected chi connectivity index (χ1v) is 7.66. The number of carbonyl (C=O) groups excluding carboxylic acids is 1. The predicted octanol–water partition coefficient (Wildman–Crippen LogP) is 1.94. The molecule has 116 valence electrons. The van der Waals surface area contributed by atoms with Gasteiger partial charge in [0, 0.05) is 39.5 Å². The maximum absolute atomic E-state index is 12.5. The van der Waals surface area contributed by atoms with Gasteiger partial charge in [-0.15, -0.1) is 0 Å². The second kappa shape index (κ2) is 8.56. The molecule has 6 nitrogen and oxygen atoms in total. The fourth-order valence-corrected chi connectivity index (χ4v) is 2.42. The minimum atomic E-state index is 0.0132. The summed E-state index contributed by atoms with van der Waals surface area (Å²) in [6.07, 6.45) is 7.10. The van der Waals surface area contributed by atoms with Gasteiger partial charge in [-0.1, -0.05) is 12.8 Å². The zero-order chi connectivity index (χ0) is 14.9. The first-order valence-electron chi connectivity index (χ1n) is 7.66. The largest absolute Gasteiger partial charge is 0.385 e. The van der Waals surface area contributed by atoms with Crippen LogP contribution in [-0.2, 0) is 4.74 Å². The van der Waals surface area contributed by atoms with Gasteiger partial charge >= 0.3 is 0 Å². The van der Waals surface area contributed by atoms with Gasteiger partial charge in [0.2, 0.25) is 5.95 Å². The van der Waals surface area contributed by atoms with Crippen LogP contribution in [-0.4, -0.2) is 54.1 Å². The quantitative estimate of drug-likeness (QED) is 0.812. The molecule has 0 bridgehead atoms. The van der Waals surface area contributed by atoms with Crippen LogP contribution in [0, 0.1) is 0 Å². The Morgan fingerprint density at radius 2 is 2.10 bits per heavy atom. The van der Waals surface area contributed by atoms with E-state index in [1.807, 2.05) is 4.90 Å². The van der Waals surface area contributed by atoms with E-state index in [1.54, 1.807) is 19.4 Å². The predicted molar refractivity (Wildman–Crippen MR) is 81.4 cm³/mol. The number of amides is 1. The normalized spacial score (nSPS) is 15.6. The summed E-state index contributed by atoms with van der Waals surface area (Å²) >= 11 is 0. The van der Waals surface area contributed by atoms with Gasteiger partial charge in [0.15, 0.2) is 0 Å². The lowest BCUT2D eigenvalue weighted by atomic mass is 10.2. The Morgan fingerprint density at radius 1 is 1.33 bits per heavy atom. The Hall–Kier alpha value is -1.69. The van der Waals surface area contributed by atoms with Crippen LogP contribution >= 0.6 is 0 Å². The van der Waals surface area contributed by atoms with Gasteiger partial charge in [0.1, 0.15) is 5.69 Å². The number of ether oxygens (including phenoxy) is 1. The molecule has 0 atom stereocenters. The van der Waals surface area contributed by atoms with Crippen LogP contribution in [0.4, 0.5) is 5.95 Å². The highest BCUT2D eigenvalue weighted by Crippen LogP contribution is 2.13. The molecule has 0 unspecified atom stereocenters. The van der Waals surface area contributed by atoms with Crippen molar-refractivity contribution < 1.29 is 9.53 Å². The molecule has 1 amide bonds. The topological polar surface area (TPSA) is 67.3 Å². The molecule has 1 fully saturated rings. The van der Waals surface area contributed by atoms with Gasteiger partial charge in [-0.25, -0.2) is 9.97 Å². The zero-order valence-electron chi connectivity index (χ0n) is 12.7. The molecule has 0 saturated carbocycles. The van der Waals surface area contributed by atoms with Crippen LogP contribution in [0.5, 0.6) is 0 Å². The summed E-state index contributed by atoms with van der Waals surface area (Å²) in [5.41, 5.74) is 0.473. The van der Waals surface area contributed by atoms with Crippen LogP contribution < -0.4 is 5.32 Å².